The van der Waals surface area contributed by atoms with Crippen molar-refractivity contribution in [3.63, 3.8) is 0 Å². The molecule has 0 aromatic carbocycles. The number of thioether (sulfide) groups is 1. The number of nitrogens with zero attached hydrogens (tertiary/aromatic N) is 3. The van der Waals surface area contributed by atoms with E-state index >= 15 is 0 Å². The second kappa shape index (κ2) is 3.46. The van der Waals surface area contributed by atoms with Crippen molar-refractivity contribution < 1.29 is 0 Å². The van der Waals surface area contributed by atoms with Crippen molar-refractivity contribution in [1.29, 1.82) is 5.26 Å². The van der Waals surface area contributed by atoms with Gasteiger partial charge in [-0.1, -0.05) is 11.8 Å². The first-order valence-corrected chi connectivity index (χ1v) is 6.79. The van der Waals surface area contributed by atoms with E-state index in [2.05, 4.69) is 16.0 Å². The molecule has 0 radical (unpaired) electrons. The molecular formula is C12H13N3S. The van der Waals surface area contributed by atoms with E-state index in [4.69, 9.17) is 0 Å². The number of rotatable bonds is 2. The van der Waals surface area contributed by atoms with Crippen LogP contribution in [0.25, 0.3) is 0 Å². The Kier molecular flexibility index (Phi) is 2.18. The Bertz CT molecular complexity index is 456. The number of hydrogen-bond donors (Lipinski definition) is 0. The first-order valence-electron chi connectivity index (χ1n) is 5.56. The molecule has 1 heterocycles. The number of nitriles is 1. The van der Waals surface area contributed by atoms with Crippen LogP contribution >= 0.6 is 11.8 Å². The number of hydrogen-bond acceptors (Lipinski definition) is 4. The lowest BCUT2D eigenvalue weighted by atomic mass is 9.81. The Hall–Kier alpha value is -1.08. The molecule has 0 saturated heterocycles. The van der Waals surface area contributed by atoms with Crippen LogP contribution in [0.15, 0.2) is 17.4 Å². The van der Waals surface area contributed by atoms with Gasteiger partial charge < -0.3 is 0 Å². The van der Waals surface area contributed by atoms with Gasteiger partial charge in [0.1, 0.15) is 0 Å². The molecule has 0 N–H and O–H groups in total. The third kappa shape index (κ3) is 1.42. The van der Waals surface area contributed by atoms with Crippen LogP contribution in [0.2, 0.25) is 0 Å². The lowest BCUT2D eigenvalue weighted by Gasteiger charge is -2.21. The molecule has 3 rings (SSSR count). The van der Waals surface area contributed by atoms with Gasteiger partial charge in [-0.15, -0.1) is 0 Å². The first kappa shape index (κ1) is 10.1. The van der Waals surface area contributed by atoms with Crippen molar-refractivity contribution >= 4 is 11.8 Å². The van der Waals surface area contributed by atoms with Crippen LogP contribution < -0.4 is 0 Å². The molecule has 2 aliphatic carbocycles. The van der Waals surface area contributed by atoms with Gasteiger partial charge in [0.2, 0.25) is 0 Å². The van der Waals surface area contributed by atoms with Crippen molar-refractivity contribution in [2.24, 2.45) is 11.8 Å². The van der Waals surface area contributed by atoms with Crippen LogP contribution in [0.3, 0.4) is 0 Å². The molecule has 16 heavy (non-hydrogen) atoms. The molecule has 0 amide bonds. The SMILES string of the molecule is CSc1nccc(C2(C#N)CC3CC3C2)n1. The van der Waals surface area contributed by atoms with Crippen LogP contribution in [0.1, 0.15) is 25.0 Å². The third-order valence-electron chi connectivity index (χ3n) is 3.81. The summed E-state index contributed by atoms with van der Waals surface area (Å²) in [5, 5.41) is 10.2. The molecule has 3 nitrogen and oxygen atoms in total. The van der Waals surface area contributed by atoms with Gasteiger partial charge in [-0.2, -0.15) is 5.26 Å². The van der Waals surface area contributed by atoms with Gasteiger partial charge in [-0.05, 0) is 43.4 Å². The monoisotopic (exact) mass is 231 g/mol. The maximum atomic E-state index is 9.45. The van der Waals surface area contributed by atoms with Crippen LogP contribution in [-0.2, 0) is 5.41 Å². The van der Waals surface area contributed by atoms with E-state index in [1.807, 2.05) is 12.3 Å². The van der Waals surface area contributed by atoms with Crippen LogP contribution in [0, 0.1) is 23.2 Å². The molecule has 2 fully saturated rings. The lowest BCUT2D eigenvalue weighted by molar-refractivity contribution is 0.485. The fraction of sp³-hybridized carbons (Fsp3) is 0.583. The molecule has 2 atom stereocenters. The van der Waals surface area contributed by atoms with E-state index in [9.17, 15) is 5.26 Å². The van der Waals surface area contributed by atoms with Crippen LogP contribution in [-0.4, -0.2) is 16.2 Å². The van der Waals surface area contributed by atoms with E-state index in [1.54, 1.807) is 6.20 Å². The zero-order valence-corrected chi connectivity index (χ0v) is 10.00. The minimum atomic E-state index is -0.318. The molecule has 4 heteroatoms. The van der Waals surface area contributed by atoms with Gasteiger partial charge in [-0.25, -0.2) is 9.97 Å². The fourth-order valence-corrected chi connectivity index (χ4v) is 3.21. The summed E-state index contributed by atoms with van der Waals surface area (Å²) >= 11 is 1.53. The Labute approximate surface area is 99.3 Å². The Balaban J connectivity index is 1.98. The summed E-state index contributed by atoms with van der Waals surface area (Å²) in [6.07, 6.45) is 7.06. The average molecular weight is 231 g/mol. The molecule has 2 saturated carbocycles. The molecule has 2 aliphatic rings. The van der Waals surface area contributed by atoms with Crippen LogP contribution in [0.4, 0.5) is 0 Å². The topological polar surface area (TPSA) is 49.6 Å². The maximum absolute atomic E-state index is 9.45. The first-order chi connectivity index (χ1) is 7.77. The Morgan fingerprint density at radius 3 is 2.88 bits per heavy atom. The number of fused-ring (bicyclic) bond motifs is 1. The van der Waals surface area contributed by atoms with Gasteiger partial charge in [0, 0.05) is 6.20 Å². The molecular weight excluding hydrogens is 218 g/mol. The second-order valence-electron chi connectivity index (χ2n) is 4.79. The molecule has 0 aliphatic heterocycles. The van der Waals surface area contributed by atoms with E-state index < -0.39 is 0 Å². The van der Waals surface area contributed by atoms with E-state index in [0.717, 1.165) is 35.5 Å². The van der Waals surface area contributed by atoms with Gasteiger partial charge in [0.05, 0.1) is 17.2 Å². The van der Waals surface area contributed by atoms with Crippen molar-refractivity contribution in [2.45, 2.75) is 29.8 Å². The van der Waals surface area contributed by atoms with Gasteiger partial charge in [0.15, 0.2) is 5.16 Å². The summed E-state index contributed by atoms with van der Waals surface area (Å²) in [6, 6.07) is 4.42. The zero-order chi connectivity index (χ0) is 11.2. The highest BCUT2D eigenvalue weighted by Crippen LogP contribution is 2.59. The van der Waals surface area contributed by atoms with Crippen LogP contribution in [0.5, 0.6) is 0 Å². The summed E-state index contributed by atoms with van der Waals surface area (Å²) in [6.45, 7) is 0. The highest BCUT2D eigenvalue weighted by Gasteiger charge is 2.55. The van der Waals surface area contributed by atoms with E-state index in [-0.39, 0.29) is 5.41 Å². The van der Waals surface area contributed by atoms with Crippen molar-refractivity contribution in [1.82, 2.24) is 9.97 Å². The van der Waals surface area contributed by atoms with Gasteiger partial charge in [0.25, 0.3) is 0 Å². The highest BCUT2D eigenvalue weighted by atomic mass is 32.2. The molecule has 1 aromatic heterocycles. The molecule has 0 spiro atoms. The molecule has 1 aromatic rings. The summed E-state index contributed by atoms with van der Waals surface area (Å²) in [5.74, 6) is 1.57. The Morgan fingerprint density at radius 1 is 1.50 bits per heavy atom. The van der Waals surface area contributed by atoms with Gasteiger partial charge in [-0.3, -0.25) is 0 Å². The molecule has 0 bridgehead atoms. The quantitative estimate of drug-likeness (QED) is 0.579. The van der Waals surface area contributed by atoms with Crippen molar-refractivity contribution in [2.75, 3.05) is 6.26 Å². The summed E-state index contributed by atoms with van der Waals surface area (Å²) in [7, 11) is 0. The average Bonchev–Trinajstić information content (AvgIpc) is 2.97. The molecule has 82 valence electrons. The normalized spacial score (nSPS) is 35.5. The highest BCUT2D eigenvalue weighted by molar-refractivity contribution is 7.98. The van der Waals surface area contributed by atoms with E-state index in [0.29, 0.717) is 0 Å². The van der Waals surface area contributed by atoms with Crippen molar-refractivity contribution in [3.05, 3.63) is 18.0 Å². The fourth-order valence-electron chi connectivity index (χ4n) is 2.85. The smallest absolute Gasteiger partial charge is 0.187 e. The predicted octanol–water partition coefficient (Wildman–Crippen LogP) is 2.39. The minimum absolute atomic E-state index is 0.318. The second-order valence-corrected chi connectivity index (χ2v) is 5.56. The third-order valence-corrected chi connectivity index (χ3v) is 4.37. The van der Waals surface area contributed by atoms with E-state index in [1.165, 1.54) is 18.2 Å². The molecule has 2 unspecified atom stereocenters. The minimum Gasteiger partial charge on any atom is -0.231 e. The standard InChI is InChI=1S/C12H13N3S/c1-16-11-14-3-2-10(15-11)12(7-13)5-8-4-9(8)6-12/h2-3,8-9H,4-6H2,1H3. The van der Waals surface area contributed by atoms with Gasteiger partial charge >= 0.3 is 0 Å². The largest absolute Gasteiger partial charge is 0.231 e. The number of aromatic nitrogens is 2. The summed E-state index contributed by atoms with van der Waals surface area (Å²) in [5.41, 5.74) is 0.614. The predicted molar refractivity (Wildman–Crippen MR) is 61.9 cm³/mol. The summed E-state index contributed by atoms with van der Waals surface area (Å²) < 4.78 is 0. The maximum Gasteiger partial charge on any atom is 0.187 e. The summed E-state index contributed by atoms with van der Waals surface area (Å²) in [4.78, 5) is 8.67. The lowest BCUT2D eigenvalue weighted by Crippen LogP contribution is -2.23. The Morgan fingerprint density at radius 2 is 2.25 bits per heavy atom. The van der Waals surface area contributed by atoms with Crippen molar-refractivity contribution in [3.8, 4) is 6.07 Å². The zero-order valence-electron chi connectivity index (χ0n) is 9.18.